The van der Waals surface area contributed by atoms with Crippen LogP contribution in [0.25, 0.3) is 6.08 Å². The van der Waals surface area contributed by atoms with Crippen molar-refractivity contribution in [3.8, 4) is 0 Å². The number of hydrogen-bond acceptors (Lipinski definition) is 4. The highest BCUT2D eigenvalue weighted by Crippen LogP contribution is 2.30. The molecule has 2 rings (SSSR count). The summed E-state index contributed by atoms with van der Waals surface area (Å²) in [6, 6.07) is 11.4. The molecule has 0 aromatic heterocycles. The second kappa shape index (κ2) is 7.56. The van der Waals surface area contributed by atoms with Crippen LogP contribution in [-0.4, -0.2) is 34.5 Å². The first-order valence-corrected chi connectivity index (χ1v) is 9.33. The molecule has 0 aliphatic rings. The Morgan fingerprint density at radius 2 is 1.48 bits per heavy atom. The van der Waals surface area contributed by atoms with Gasteiger partial charge in [0.2, 0.25) is 9.84 Å². The molecule has 0 atom stereocenters. The highest BCUT2D eigenvalue weighted by Gasteiger charge is 2.45. The zero-order valence-electron chi connectivity index (χ0n) is 14.9. The van der Waals surface area contributed by atoms with Gasteiger partial charge in [0.05, 0.1) is 4.90 Å². The highest BCUT2D eigenvalue weighted by molar-refractivity contribution is 7.96. The summed E-state index contributed by atoms with van der Waals surface area (Å²) in [4.78, 5) is 11.9. The van der Waals surface area contributed by atoms with Crippen molar-refractivity contribution in [1.82, 2.24) is 0 Å². The van der Waals surface area contributed by atoms with Gasteiger partial charge in [-0.3, -0.25) is 4.79 Å². The minimum Gasteiger partial charge on any atom is -0.378 e. The van der Waals surface area contributed by atoms with Crippen LogP contribution in [0.4, 0.5) is 18.9 Å². The van der Waals surface area contributed by atoms with Crippen LogP contribution in [0.5, 0.6) is 0 Å². The number of allylic oxidation sites excluding steroid dienone is 1. The van der Waals surface area contributed by atoms with Crippen LogP contribution in [0.15, 0.2) is 58.3 Å². The smallest absolute Gasteiger partial charge is 0.378 e. The van der Waals surface area contributed by atoms with Gasteiger partial charge < -0.3 is 4.90 Å². The number of Topliss-reactive ketones (excluding diaryl/α,β-unsaturated/α-hetero) is 1. The number of halogens is 3. The van der Waals surface area contributed by atoms with Gasteiger partial charge in [0, 0.05) is 19.8 Å². The lowest BCUT2D eigenvalue weighted by Crippen LogP contribution is -2.28. The van der Waals surface area contributed by atoms with E-state index in [1.165, 1.54) is 36.4 Å². The Morgan fingerprint density at radius 3 is 1.93 bits per heavy atom. The average Bonchev–Trinajstić information content (AvgIpc) is 2.59. The van der Waals surface area contributed by atoms with Crippen molar-refractivity contribution in [2.75, 3.05) is 19.0 Å². The molecule has 2 aromatic rings. The number of hydrogen-bond donors (Lipinski definition) is 0. The third-order valence-electron chi connectivity index (χ3n) is 3.81. The second-order valence-electron chi connectivity index (χ2n) is 6.14. The number of rotatable bonds is 5. The molecule has 0 amide bonds. The molecule has 0 unspecified atom stereocenters. The Balaban J connectivity index is 2.61. The molecule has 0 spiro atoms. The summed E-state index contributed by atoms with van der Waals surface area (Å²) < 4.78 is 64.5. The van der Waals surface area contributed by atoms with Crippen molar-refractivity contribution < 1.29 is 26.4 Å². The molecule has 0 saturated heterocycles. The predicted molar refractivity (Wildman–Crippen MR) is 98.2 cm³/mol. The molecular formula is C19H18F3NO3S. The maximum atomic E-state index is 13.0. The predicted octanol–water partition coefficient (Wildman–Crippen LogP) is 4.01. The second-order valence-corrected chi connectivity index (χ2v) is 8.06. The molecule has 0 saturated carbocycles. The van der Waals surface area contributed by atoms with Crippen LogP contribution < -0.4 is 4.90 Å². The fourth-order valence-corrected chi connectivity index (χ4v) is 3.67. The summed E-state index contributed by atoms with van der Waals surface area (Å²) in [5, 5.41) is 0. The molecule has 0 radical (unpaired) electrons. The summed E-state index contributed by atoms with van der Waals surface area (Å²) >= 11 is 0. The molecule has 0 N–H and O–H groups in total. The van der Waals surface area contributed by atoms with E-state index in [0.717, 1.165) is 17.3 Å². The molecule has 4 nitrogen and oxygen atoms in total. The molecule has 144 valence electrons. The zero-order chi connectivity index (χ0) is 20.4. The van der Waals surface area contributed by atoms with E-state index in [9.17, 15) is 26.4 Å². The van der Waals surface area contributed by atoms with E-state index in [-0.39, 0.29) is 10.5 Å². The molecule has 8 heteroatoms. The van der Waals surface area contributed by atoms with Crippen LogP contribution >= 0.6 is 0 Å². The van der Waals surface area contributed by atoms with Gasteiger partial charge in [-0.15, -0.1) is 0 Å². The third kappa shape index (κ3) is 4.77. The van der Waals surface area contributed by atoms with Crippen LogP contribution in [-0.2, 0) is 14.6 Å². The van der Waals surface area contributed by atoms with Crippen molar-refractivity contribution in [3.05, 3.63) is 64.6 Å². The monoisotopic (exact) mass is 397 g/mol. The Labute approximate surface area is 155 Å². The van der Waals surface area contributed by atoms with E-state index in [4.69, 9.17) is 0 Å². The number of anilines is 1. The van der Waals surface area contributed by atoms with E-state index in [2.05, 4.69) is 0 Å². The number of aryl methyl sites for hydroxylation is 1. The topological polar surface area (TPSA) is 54.5 Å². The maximum Gasteiger partial charge on any atom is 0.455 e. The molecule has 0 bridgehead atoms. The fourth-order valence-electron chi connectivity index (χ4n) is 2.27. The lowest BCUT2D eigenvalue weighted by atomic mass is 10.1. The normalized spacial score (nSPS) is 12.7. The summed E-state index contributed by atoms with van der Waals surface area (Å²) in [7, 11) is -1.08. The Kier molecular flexibility index (Phi) is 5.79. The minimum atomic E-state index is -5.31. The van der Waals surface area contributed by atoms with E-state index in [0.29, 0.717) is 0 Å². The van der Waals surface area contributed by atoms with Gasteiger partial charge in [0.1, 0.15) is 4.91 Å². The van der Waals surface area contributed by atoms with E-state index >= 15 is 0 Å². The minimum absolute atomic E-state index is 0.170. The molecule has 2 aromatic carbocycles. The lowest BCUT2D eigenvalue weighted by Gasteiger charge is -2.13. The van der Waals surface area contributed by atoms with Crippen molar-refractivity contribution in [2.24, 2.45) is 0 Å². The third-order valence-corrected chi connectivity index (χ3v) is 5.58. The highest BCUT2D eigenvalue weighted by atomic mass is 32.2. The quantitative estimate of drug-likeness (QED) is 0.716. The number of sulfone groups is 1. The average molecular weight is 397 g/mol. The first-order chi connectivity index (χ1) is 12.4. The standard InChI is InChI=1S/C19H18F3NO3S/c1-13-4-10-16(11-5-13)27(25,26)17(18(24)19(20,21)22)12-14-6-8-15(9-7-14)23(2)3/h4-12H,1-3H3/b17-12+. The van der Waals surface area contributed by atoms with E-state index < -0.39 is 26.7 Å². The largest absolute Gasteiger partial charge is 0.455 e. The number of alkyl halides is 3. The van der Waals surface area contributed by atoms with Crippen LogP contribution in [0.3, 0.4) is 0 Å². The van der Waals surface area contributed by atoms with Gasteiger partial charge in [0.25, 0.3) is 5.78 Å². The van der Waals surface area contributed by atoms with Gasteiger partial charge >= 0.3 is 6.18 Å². The van der Waals surface area contributed by atoms with Crippen molar-refractivity contribution in [2.45, 2.75) is 18.0 Å². The van der Waals surface area contributed by atoms with Crippen molar-refractivity contribution >= 4 is 27.4 Å². The van der Waals surface area contributed by atoms with Crippen molar-refractivity contribution in [3.63, 3.8) is 0 Å². The van der Waals surface area contributed by atoms with Crippen molar-refractivity contribution in [1.29, 1.82) is 0 Å². The summed E-state index contributed by atoms with van der Waals surface area (Å²) in [6.07, 6.45) is -4.56. The maximum absolute atomic E-state index is 13.0. The Bertz CT molecular complexity index is 959. The van der Waals surface area contributed by atoms with Gasteiger partial charge in [-0.1, -0.05) is 29.8 Å². The van der Waals surface area contributed by atoms with Gasteiger partial charge in [-0.25, -0.2) is 8.42 Å². The zero-order valence-corrected chi connectivity index (χ0v) is 15.7. The van der Waals surface area contributed by atoms with Crippen LogP contribution in [0.2, 0.25) is 0 Å². The van der Waals surface area contributed by atoms with Crippen LogP contribution in [0, 0.1) is 6.92 Å². The first kappa shape index (κ1) is 20.7. The lowest BCUT2D eigenvalue weighted by molar-refractivity contribution is -0.165. The Morgan fingerprint density at radius 1 is 0.963 bits per heavy atom. The summed E-state index contributed by atoms with van der Waals surface area (Å²) in [5.41, 5.74) is 1.68. The SMILES string of the molecule is Cc1ccc(S(=O)(=O)/C(=C/c2ccc(N(C)C)cc2)C(=O)C(F)(F)F)cc1. The number of carbonyl (C=O) groups is 1. The van der Waals surface area contributed by atoms with E-state index in [1.807, 2.05) is 0 Å². The molecular weight excluding hydrogens is 379 g/mol. The van der Waals surface area contributed by atoms with Gasteiger partial charge in [-0.05, 0) is 42.8 Å². The summed E-state index contributed by atoms with van der Waals surface area (Å²) in [5.74, 6) is -2.40. The molecule has 0 aliphatic carbocycles. The van der Waals surface area contributed by atoms with E-state index in [1.54, 1.807) is 38.1 Å². The Hall–Kier alpha value is -2.61. The van der Waals surface area contributed by atoms with Gasteiger partial charge in [0.15, 0.2) is 0 Å². The fraction of sp³-hybridized carbons (Fsp3) is 0.211. The molecule has 0 aliphatic heterocycles. The van der Waals surface area contributed by atoms with Crippen LogP contribution in [0.1, 0.15) is 11.1 Å². The first-order valence-electron chi connectivity index (χ1n) is 7.85. The number of nitrogens with zero attached hydrogens (tertiary/aromatic N) is 1. The molecule has 0 heterocycles. The number of ketones is 1. The van der Waals surface area contributed by atoms with Gasteiger partial charge in [-0.2, -0.15) is 13.2 Å². The molecule has 27 heavy (non-hydrogen) atoms. The number of benzene rings is 2. The molecule has 0 fully saturated rings. The number of carbonyl (C=O) groups excluding carboxylic acids is 1. The summed E-state index contributed by atoms with van der Waals surface area (Å²) in [6.45, 7) is 1.71.